The van der Waals surface area contributed by atoms with Gasteiger partial charge in [0.25, 0.3) is 0 Å². The first-order valence-electron chi connectivity index (χ1n) is 5.81. The Labute approximate surface area is 116 Å². The van der Waals surface area contributed by atoms with E-state index in [4.69, 9.17) is 11.6 Å². The first-order valence-corrected chi connectivity index (χ1v) is 7.00. The first kappa shape index (κ1) is 13.5. The lowest BCUT2D eigenvalue weighted by Crippen LogP contribution is -2.21. The largest absolute Gasteiger partial charge is 0.368 e. The van der Waals surface area contributed by atoms with Crippen LogP contribution in [0.4, 0.5) is 5.82 Å². The monoisotopic (exact) mass is 284 g/mol. The van der Waals surface area contributed by atoms with Crippen LogP contribution in [0.1, 0.15) is 10.4 Å². The number of nitrogens with zero attached hydrogens (tertiary/aromatic N) is 3. The van der Waals surface area contributed by atoms with Crippen molar-refractivity contribution in [1.82, 2.24) is 14.9 Å². The lowest BCUT2D eigenvalue weighted by Gasteiger charge is -2.11. The number of likely N-dealkylation sites (N-methyl/N-ethyl adjacent to an activating group) is 1. The second-order valence-corrected chi connectivity index (χ2v) is 6.08. The van der Waals surface area contributed by atoms with E-state index in [1.807, 2.05) is 14.1 Å². The van der Waals surface area contributed by atoms with Crippen LogP contribution in [0.3, 0.4) is 0 Å². The standard InChI is InChI=1S/C12H17ClN4S/c1-7-8(2)18-11-9(7)10(15-12(13)16-11)14-5-6-17(3)4/h5-6H2,1-4H3,(H,14,15,16). The Kier molecular flexibility index (Phi) is 4.04. The van der Waals surface area contributed by atoms with Crippen molar-refractivity contribution in [3.63, 3.8) is 0 Å². The number of nitrogens with one attached hydrogen (secondary N) is 1. The fourth-order valence-electron chi connectivity index (χ4n) is 1.75. The zero-order chi connectivity index (χ0) is 13.3. The highest BCUT2D eigenvalue weighted by atomic mass is 35.5. The molecule has 0 fully saturated rings. The molecule has 6 heteroatoms. The lowest BCUT2D eigenvalue weighted by atomic mass is 10.2. The molecule has 0 aliphatic rings. The van der Waals surface area contributed by atoms with Gasteiger partial charge in [0.05, 0.1) is 5.39 Å². The van der Waals surface area contributed by atoms with Gasteiger partial charge in [-0.2, -0.15) is 0 Å². The zero-order valence-electron chi connectivity index (χ0n) is 11.0. The number of hydrogen-bond donors (Lipinski definition) is 1. The smallest absolute Gasteiger partial charge is 0.225 e. The number of hydrogen-bond acceptors (Lipinski definition) is 5. The van der Waals surface area contributed by atoms with Crippen LogP contribution in [0.5, 0.6) is 0 Å². The molecule has 4 nitrogen and oxygen atoms in total. The number of anilines is 1. The summed E-state index contributed by atoms with van der Waals surface area (Å²) < 4.78 is 0. The minimum Gasteiger partial charge on any atom is -0.368 e. The van der Waals surface area contributed by atoms with Crippen LogP contribution in [0.15, 0.2) is 0 Å². The SMILES string of the molecule is Cc1sc2nc(Cl)nc(NCCN(C)C)c2c1C. The third kappa shape index (κ3) is 2.74. The van der Waals surface area contributed by atoms with Crippen molar-refractivity contribution < 1.29 is 0 Å². The van der Waals surface area contributed by atoms with Gasteiger partial charge in [-0.05, 0) is 45.1 Å². The van der Waals surface area contributed by atoms with Gasteiger partial charge in [-0.15, -0.1) is 11.3 Å². The Morgan fingerprint density at radius 2 is 2.00 bits per heavy atom. The van der Waals surface area contributed by atoms with E-state index in [0.717, 1.165) is 29.1 Å². The van der Waals surface area contributed by atoms with Crippen molar-refractivity contribution in [2.75, 3.05) is 32.5 Å². The lowest BCUT2D eigenvalue weighted by molar-refractivity contribution is 0.425. The number of aromatic nitrogens is 2. The fraction of sp³-hybridized carbons (Fsp3) is 0.500. The molecule has 2 heterocycles. The van der Waals surface area contributed by atoms with E-state index < -0.39 is 0 Å². The van der Waals surface area contributed by atoms with Gasteiger partial charge < -0.3 is 10.2 Å². The maximum atomic E-state index is 5.96. The molecular formula is C12H17ClN4S. The molecule has 2 aromatic heterocycles. The summed E-state index contributed by atoms with van der Waals surface area (Å²) in [6.45, 7) is 5.98. The van der Waals surface area contributed by atoms with E-state index in [1.165, 1.54) is 10.4 Å². The van der Waals surface area contributed by atoms with Crippen molar-refractivity contribution >= 4 is 39.0 Å². The van der Waals surface area contributed by atoms with Crippen LogP contribution >= 0.6 is 22.9 Å². The quantitative estimate of drug-likeness (QED) is 0.877. The summed E-state index contributed by atoms with van der Waals surface area (Å²) in [5.41, 5.74) is 1.24. The maximum absolute atomic E-state index is 5.96. The van der Waals surface area contributed by atoms with Gasteiger partial charge in [0.15, 0.2) is 0 Å². The fourth-order valence-corrected chi connectivity index (χ4v) is 3.00. The van der Waals surface area contributed by atoms with Gasteiger partial charge in [0, 0.05) is 18.0 Å². The van der Waals surface area contributed by atoms with E-state index in [9.17, 15) is 0 Å². The highest BCUT2D eigenvalue weighted by Gasteiger charge is 2.13. The van der Waals surface area contributed by atoms with E-state index in [1.54, 1.807) is 11.3 Å². The van der Waals surface area contributed by atoms with Crippen molar-refractivity contribution in [2.24, 2.45) is 0 Å². The zero-order valence-corrected chi connectivity index (χ0v) is 12.6. The molecule has 0 bridgehead atoms. The summed E-state index contributed by atoms with van der Waals surface area (Å²) >= 11 is 7.62. The van der Waals surface area contributed by atoms with Crippen LogP contribution in [-0.4, -0.2) is 42.1 Å². The Morgan fingerprint density at radius 3 is 2.67 bits per heavy atom. The Balaban J connectivity index is 2.36. The molecule has 0 unspecified atom stereocenters. The highest BCUT2D eigenvalue weighted by Crippen LogP contribution is 2.33. The number of thiophene rings is 1. The van der Waals surface area contributed by atoms with E-state index >= 15 is 0 Å². The molecular weight excluding hydrogens is 268 g/mol. The normalized spacial score (nSPS) is 11.4. The average Bonchev–Trinajstić information content (AvgIpc) is 2.53. The van der Waals surface area contributed by atoms with Gasteiger partial charge in [-0.25, -0.2) is 9.97 Å². The second kappa shape index (κ2) is 5.38. The Hall–Kier alpha value is -0.910. The number of fused-ring (bicyclic) bond motifs is 1. The summed E-state index contributed by atoms with van der Waals surface area (Å²) in [6.07, 6.45) is 0. The molecule has 0 atom stereocenters. The molecule has 0 saturated heterocycles. The second-order valence-electron chi connectivity index (χ2n) is 4.53. The molecule has 2 aromatic rings. The molecule has 1 N–H and O–H groups in total. The third-order valence-electron chi connectivity index (χ3n) is 2.85. The topological polar surface area (TPSA) is 41.1 Å². The highest BCUT2D eigenvalue weighted by molar-refractivity contribution is 7.18. The molecule has 0 aliphatic carbocycles. The molecule has 0 aliphatic heterocycles. The first-order chi connectivity index (χ1) is 8.49. The maximum Gasteiger partial charge on any atom is 0.225 e. The molecule has 0 aromatic carbocycles. The molecule has 18 heavy (non-hydrogen) atoms. The molecule has 0 spiro atoms. The minimum atomic E-state index is 0.302. The molecule has 98 valence electrons. The summed E-state index contributed by atoms with van der Waals surface area (Å²) in [5.74, 6) is 0.841. The third-order valence-corrected chi connectivity index (χ3v) is 4.12. The summed E-state index contributed by atoms with van der Waals surface area (Å²) in [6, 6.07) is 0. The van der Waals surface area contributed by atoms with Crippen LogP contribution in [0.25, 0.3) is 10.2 Å². The number of aryl methyl sites for hydroxylation is 2. The van der Waals surface area contributed by atoms with Crippen molar-refractivity contribution in [3.05, 3.63) is 15.7 Å². The Morgan fingerprint density at radius 1 is 1.28 bits per heavy atom. The van der Waals surface area contributed by atoms with Gasteiger partial charge in [-0.1, -0.05) is 0 Å². The molecule has 0 radical (unpaired) electrons. The van der Waals surface area contributed by atoms with E-state index in [-0.39, 0.29) is 0 Å². The summed E-state index contributed by atoms with van der Waals surface area (Å²) in [5, 5.41) is 4.74. The number of rotatable bonds is 4. The predicted molar refractivity (Wildman–Crippen MR) is 78.9 cm³/mol. The van der Waals surface area contributed by atoms with Crippen LogP contribution < -0.4 is 5.32 Å². The van der Waals surface area contributed by atoms with E-state index in [0.29, 0.717) is 5.28 Å². The van der Waals surface area contributed by atoms with Crippen molar-refractivity contribution in [2.45, 2.75) is 13.8 Å². The van der Waals surface area contributed by atoms with Gasteiger partial charge in [0.2, 0.25) is 5.28 Å². The van der Waals surface area contributed by atoms with Crippen LogP contribution in [0, 0.1) is 13.8 Å². The average molecular weight is 285 g/mol. The summed E-state index contributed by atoms with van der Waals surface area (Å²) in [4.78, 5) is 12.9. The number of halogens is 1. The molecule has 0 saturated carbocycles. The van der Waals surface area contributed by atoms with Crippen molar-refractivity contribution in [3.8, 4) is 0 Å². The molecule has 0 amide bonds. The van der Waals surface area contributed by atoms with Gasteiger partial charge in [-0.3, -0.25) is 0 Å². The molecule has 2 rings (SSSR count). The van der Waals surface area contributed by atoms with Gasteiger partial charge in [0.1, 0.15) is 10.6 Å². The van der Waals surface area contributed by atoms with Gasteiger partial charge >= 0.3 is 0 Å². The van der Waals surface area contributed by atoms with Crippen LogP contribution in [-0.2, 0) is 0 Å². The van der Waals surface area contributed by atoms with Crippen molar-refractivity contribution in [1.29, 1.82) is 0 Å². The Bertz CT molecular complexity index is 565. The van der Waals surface area contributed by atoms with E-state index in [2.05, 4.69) is 34.0 Å². The minimum absolute atomic E-state index is 0.302. The predicted octanol–water partition coefficient (Wildman–Crippen LogP) is 2.94. The van der Waals surface area contributed by atoms with Crippen LogP contribution in [0.2, 0.25) is 5.28 Å². The summed E-state index contributed by atoms with van der Waals surface area (Å²) in [7, 11) is 4.09.